The van der Waals surface area contributed by atoms with Crippen LogP contribution in [-0.2, 0) is 19.0 Å². The minimum Gasteiger partial charge on any atom is -0.459 e. The van der Waals surface area contributed by atoms with Gasteiger partial charge in [0.1, 0.15) is 49.3 Å². The number of ether oxygens (including phenoxy) is 3. The molecule has 1 aliphatic rings. The van der Waals surface area contributed by atoms with Gasteiger partial charge < -0.3 is 65.3 Å². The van der Waals surface area contributed by atoms with Crippen molar-refractivity contribution < 1.29 is 70.1 Å². The van der Waals surface area contributed by atoms with Crippen LogP contribution in [0, 0.1) is 29.6 Å². The molecule has 1 aliphatic heterocycles. The molecule has 0 radical (unpaired) electrons. The molecule has 1 rings (SSSR count). The van der Waals surface area contributed by atoms with E-state index in [-0.39, 0.29) is 17.4 Å². The fourth-order valence-corrected chi connectivity index (χ4v) is 6.71. The Kier molecular flexibility index (Phi) is 22.1. The highest BCUT2D eigenvalue weighted by atomic mass is 16.7. The molecule has 0 unspecified atom stereocenters. The third-order valence-corrected chi connectivity index (χ3v) is 10.3. The molecule has 14 heteroatoms. The summed E-state index contributed by atoms with van der Waals surface area (Å²) in [4.78, 5) is 12.5. The predicted molar refractivity (Wildman–Crippen MR) is 202 cm³/mol. The minimum atomic E-state index is -1.71. The summed E-state index contributed by atoms with van der Waals surface area (Å²) in [6.45, 7) is 16.7. The first-order chi connectivity index (χ1) is 25.1. The molecule has 0 spiro atoms. The molecule has 0 aliphatic carbocycles. The second kappa shape index (κ2) is 23.9. The van der Waals surface area contributed by atoms with Crippen molar-refractivity contribution in [1.82, 2.24) is 0 Å². The maximum absolute atomic E-state index is 12.5. The second-order valence-corrected chi connectivity index (χ2v) is 15.4. The fraction of sp³-hybridized carbons (Fsp3) is 0.775. The standard InChI is InChI=1S/C40H70O14/c1-11-20(2)12-21(3)13-26(8)38(54-40-37(50)36(49)35(48)31(18-42)53-40)27(9)15-24(6)32(45)22(4)14-23(5)33(46)25(7)16-28(10)39(51)52-19-30(44)34(47)29(43)17-41/h13-16,20-22,25,27,29-38,40-50H,11-12,17-19H2,1-10H3/t20-,21+,22-,25-,27-,29+,30+,31+,32+,33-,34+,35+,36-,37-,38-,40-/m0/s1. The zero-order valence-corrected chi connectivity index (χ0v) is 33.7. The van der Waals surface area contributed by atoms with Crippen LogP contribution in [0.5, 0.6) is 0 Å². The zero-order valence-electron chi connectivity index (χ0n) is 33.7. The quantitative estimate of drug-likeness (QED) is 0.0423. The van der Waals surface area contributed by atoms with E-state index in [1.807, 2.05) is 19.9 Å². The highest BCUT2D eigenvalue weighted by Crippen LogP contribution is 2.30. The monoisotopic (exact) mass is 774 g/mol. The lowest BCUT2D eigenvalue weighted by atomic mass is 9.87. The number of carbonyl (C=O) groups excluding carboxylic acids is 1. The van der Waals surface area contributed by atoms with E-state index in [0.717, 1.165) is 18.4 Å². The predicted octanol–water partition coefficient (Wildman–Crippen LogP) is 1.28. The molecule has 1 saturated heterocycles. The van der Waals surface area contributed by atoms with Gasteiger partial charge in [-0.15, -0.1) is 0 Å². The summed E-state index contributed by atoms with van der Waals surface area (Å²) in [5.74, 6) is -1.49. The van der Waals surface area contributed by atoms with Gasteiger partial charge in [0.2, 0.25) is 0 Å². The van der Waals surface area contributed by atoms with Crippen molar-refractivity contribution in [2.24, 2.45) is 29.6 Å². The number of rotatable bonds is 22. The topological polar surface area (TPSA) is 247 Å². The van der Waals surface area contributed by atoms with Crippen molar-refractivity contribution >= 4 is 5.97 Å². The van der Waals surface area contributed by atoms with Crippen molar-refractivity contribution in [2.75, 3.05) is 19.8 Å². The number of esters is 1. The van der Waals surface area contributed by atoms with Gasteiger partial charge in [-0.05, 0) is 62.7 Å². The summed E-state index contributed by atoms with van der Waals surface area (Å²) < 4.78 is 17.0. The van der Waals surface area contributed by atoms with Gasteiger partial charge in [-0.2, -0.15) is 0 Å². The third kappa shape index (κ3) is 15.1. The summed E-state index contributed by atoms with van der Waals surface area (Å²) >= 11 is 0. The van der Waals surface area contributed by atoms with Gasteiger partial charge in [0, 0.05) is 23.3 Å². The van der Waals surface area contributed by atoms with E-state index in [1.54, 1.807) is 33.8 Å². The Morgan fingerprint density at radius 2 is 1.26 bits per heavy atom. The number of hydrogen-bond acceptors (Lipinski definition) is 14. The highest BCUT2D eigenvalue weighted by molar-refractivity contribution is 5.87. The van der Waals surface area contributed by atoms with Gasteiger partial charge in [-0.3, -0.25) is 0 Å². The lowest BCUT2D eigenvalue weighted by Gasteiger charge is -2.41. The van der Waals surface area contributed by atoms with Crippen LogP contribution in [0.4, 0.5) is 0 Å². The summed E-state index contributed by atoms with van der Waals surface area (Å²) in [5.41, 5.74) is 2.14. The van der Waals surface area contributed by atoms with Crippen LogP contribution < -0.4 is 0 Å². The molecular formula is C40H70O14. The fourth-order valence-electron chi connectivity index (χ4n) is 6.71. The van der Waals surface area contributed by atoms with Crippen LogP contribution in [0.3, 0.4) is 0 Å². The van der Waals surface area contributed by atoms with Crippen LogP contribution in [0.15, 0.2) is 46.6 Å². The van der Waals surface area contributed by atoms with Gasteiger partial charge >= 0.3 is 5.97 Å². The van der Waals surface area contributed by atoms with E-state index < -0.39 is 105 Å². The average Bonchev–Trinajstić information content (AvgIpc) is 3.13. The van der Waals surface area contributed by atoms with Crippen LogP contribution in [0.2, 0.25) is 0 Å². The molecule has 314 valence electrons. The van der Waals surface area contributed by atoms with Crippen molar-refractivity contribution in [3.8, 4) is 0 Å². The van der Waals surface area contributed by atoms with E-state index in [0.29, 0.717) is 17.1 Å². The van der Waals surface area contributed by atoms with E-state index in [4.69, 9.17) is 19.3 Å². The summed E-state index contributed by atoms with van der Waals surface area (Å²) in [6.07, 6.45) is -5.61. The first-order valence-corrected chi connectivity index (χ1v) is 19.0. The number of hydrogen-bond donors (Lipinski definition) is 10. The van der Waals surface area contributed by atoms with Crippen LogP contribution in [0.1, 0.15) is 82.1 Å². The largest absolute Gasteiger partial charge is 0.459 e. The van der Waals surface area contributed by atoms with Crippen molar-refractivity contribution in [1.29, 1.82) is 0 Å². The lowest BCUT2D eigenvalue weighted by Crippen LogP contribution is -2.60. The van der Waals surface area contributed by atoms with Crippen LogP contribution >= 0.6 is 0 Å². The maximum atomic E-state index is 12.5. The number of aliphatic hydroxyl groups excluding tert-OH is 10. The van der Waals surface area contributed by atoms with Gasteiger partial charge in [-0.1, -0.05) is 72.3 Å². The Labute approximate surface area is 321 Å². The molecular weight excluding hydrogens is 704 g/mol. The van der Waals surface area contributed by atoms with Gasteiger partial charge in [-0.25, -0.2) is 4.79 Å². The number of carbonyl (C=O) groups is 1. The summed E-state index contributed by atoms with van der Waals surface area (Å²) in [6, 6.07) is 0. The Balaban J connectivity index is 3.18. The molecule has 0 aromatic heterocycles. The zero-order chi connectivity index (χ0) is 41.6. The molecule has 14 nitrogen and oxygen atoms in total. The molecule has 0 aromatic carbocycles. The molecule has 1 fully saturated rings. The Morgan fingerprint density at radius 1 is 0.722 bits per heavy atom. The Morgan fingerprint density at radius 3 is 1.78 bits per heavy atom. The average molecular weight is 775 g/mol. The van der Waals surface area contributed by atoms with E-state index >= 15 is 0 Å². The lowest BCUT2D eigenvalue weighted by molar-refractivity contribution is -0.310. The minimum absolute atomic E-state index is 0.138. The first-order valence-electron chi connectivity index (χ1n) is 19.0. The van der Waals surface area contributed by atoms with Gasteiger partial charge in [0.05, 0.1) is 31.5 Å². The third-order valence-electron chi connectivity index (χ3n) is 10.3. The Hall–Kier alpha value is -2.05. The van der Waals surface area contributed by atoms with Crippen molar-refractivity contribution in [3.05, 3.63) is 46.6 Å². The molecule has 0 bridgehead atoms. The van der Waals surface area contributed by atoms with E-state index in [1.165, 1.54) is 13.0 Å². The summed E-state index contributed by atoms with van der Waals surface area (Å²) in [5, 5.41) is 102. The van der Waals surface area contributed by atoms with E-state index in [9.17, 15) is 50.8 Å². The normalized spacial score (nSPS) is 28.3. The summed E-state index contributed by atoms with van der Waals surface area (Å²) in [7, 11) is 0. The molecule has 0 saturated carbocycles. The van der Waals surface area contributed by atoms with Crippen LogP contribution in [-0.4, -0.2) is 144 Å². The molecule has 0 aromatic rings. The highest BCUT2D eigenvalue weighted by Gasteiger charge is 2.45. The number of aliphatic hydroxyl groups is 10. The number of allylic oxidation sites excluding steroid dienone is 1. The second-order valence-electron chi connectivity index (χ2n) is 15.4. The van der Waals surface area contributed by atoms with Crippen molar-refractivity contribution in [3.63, 3.8) is 0 Å². The smallest absolute Gasteiger partial charge is 0.333 e. The van der Waals surface area contributed by atoms with Gasteiger partial charge in [0.15, 0.2) is 6.29 Å². The molecule has 54 heavy (non-hydrogen) atoms. The first kappa shape index (κ1) is 50.0. The Bertz CT molecular complexity index is 1250. The SMILES string of the molecule is CC[C@H](C)C[C@@H](C)C=C(C)[C@H](O[C@@H]1O[C@H](CO)[C@@H](O)[C@H](O)[C@@H]1O)[C@@H](C)C=C(C)[C@H](O)[C@@H](C)C=C(C)[C@H](O)[C@@H](C)C=C(C)C(=O)OC[C@@H](O)[C@H](O)[C@H](O)CO. The van der Waals surface area contributed by atoms with Gasteiger partial charge in [0.25, 0.3) is 0 Å². The van der Waals surface area contributed by atoms with E-state index in [2.05, 4.69) is 26.8 Å². The molecule has 16 atom stereocenters. The van der Waals surface area contributed by atoms with Crippen molar-refractivity contribution in [2.45, 2.75) is 149 Å². The molecule has 10 N–H and O–H groups in total. The molecule has 1 heterocycles. The molecule has 0 amide bonds. The maximum Gasteiger partial charge on any atom is 0.333 e. The van der Waals surface area contributed by atoms with Crippen LogP contribution in [0.25, 0.3) is 0 Å².